The lowest BCUT2D eigenvalue weighted by Crippen LogP contribution is -2.41. The average molecular weight is 245 g/mol. The van der Waals surface area contributed by atoms with Crippen molar-refractivity contribution in [3.63, 3.8) is 0 Å². The van der Waals surface area contributed by atoms with Crippen LogP contribution in [0.15, 0.2) is 0 Å². The molecule has 0 spiro atoms. The highest BCUT2D eigenvalue weighted by Gasteiger charge is 2.11. The molecule has 0 aliphatic carbocycles. The smallest absolute Gasteiger partial charge is 0.304 e. The van der Waals surface area contributed by atoms with Crippen LogP contribution in [-0.2, 0) is 14.4 Å². The standard InChI is InChI=1S/C10H19N3O4/c1-8(14)12-4-6-13(5-3-10(16)17)7-9(15)11-2/h3-7H2,1-2H3,(H,11,15)(H,12,14)(H,16,17). The molecule has 0 aliphatic rings. The molecule has 0 unspecified atom stereocenters. The van der Waals surface area contributed by atoms with Crippen molar-refractivity contribution < 1.29 is 19.5 Å². The van der Waals surface area contributed by atoms with E-state index in [1.165, 1.54) is 14.0 Å². The number of nitrogens with one attached hydrogen (secondary N) is 2. The van der Waals surface area contributed by atoms with Crippen molar-refractivity contribution >= 4 is 17.8 Å². The van der Waals surface area contributed by atoms with Crippen LogP contribution in [0.1, 0.15) is 13.3 Å². The van der Waals surface area contributed by atoms with Gasteiger partial charge in [-0.3, -0.25) is 19.3 Å². The van der Waals surface area contributed by atoms with Gasteiger partial charge < -0.3 is 15.7 Å². The molecule has 0 saturated carbocycles. The molecule has 3 N–H and O–H groups in total. The van der Waals surface area contributed by atoms with Crippen LogP contribution in [0.2, 0.25) is 0 Å². The van der Waals surface area contributed by atoms with Crippen molar-refractivity contribution in [2.24, 2.45) is 0 Å². The molecule has 0 heterocycles. The first-order valence-electron chi connectivity index (χ1n) is 5.35. The van der Waals surface area contributed by atoms with Crippen molar-refractivity contribution in [3.05, 3.63) is 0 Å². The number of amides is 2. The summed E-state index contributed by atoms with van der Waals surface area (Å²) >= 11 is 0. The third-order valence-electron chi connectivity index (χ3n) is 2.09. The first kappa shape index (κ1) is 15.4. The molecule has 0 bridgehead atoms. The van der Waals surface area contributed by atoms with Gasteiger partial charge in [-0.1, -0.05) is 0 Å². The summed E-state index contributed by atoms with van der Waals surface area (Å²) in [5.41, 5.74) is 0. The van der Waals surface area contributed by atoms with E-state index in [9.17, 15) is 14.4 Å². The summed E-state index contributed by atoms with van der Waals surface area (Å²) in [6.45, 7) is 2.65. The molecule has 0 fully saturated rings. The van der Waals surface area contributed by atoms with E-state index in [-0.39, 0.29) is 31.3 Å². The van der Waals surface area contributed by atoms with Gasteiger partial charge in [0.05, 0.1) is 13.0 Å². The van der Waals surface area contributed by atoms with E-state index >= 15 is 0 Å². The summed E-state index contributed by atoms with van der Waals surface area (Å²) in [4.78, 5) is 34.0. The molecule has 0 saturated heterocycles. The molecular weight excluding hydrogens is 226 g/mol. The number of carbonyl (C=O) groups is 3. The van der Waals surface area contributed by atoms with E-state index in [4.69, 9.17) is 5.11 Å². The quantitative estimate of drug-likeness (QED) is 0.491. The Bertz CT molecular complexity index is 281. The Hall–Kier alpha value is -1.63. The molecule has 0 atom stereocenters. The summed E-state index contributed by atoms with van der Waals surface area (Å²) < 4.78 is 0. The van der Waals surface area contributed by atoms with Gasteiger partial charge in [-0.2, -0.15) is 0 Å². The number of carboxylic acids is 1. The van der Waals surface area contributed by atoms with Crippen LogP contribution < -0.4 is 10.6 Å². The first-order chi connectivity index (χ1) is 7.95. The molecule has 17 heavy (non-hydrogen) atoms. The topological polar surface area (TPSA) is 98.7 Å². The molecule has 0 radical (unpaired) electrons. The fraction of sp³-hybridized carbons (Fsp3) is 0.700. The fourth-order valence-corrected chi connectivity index (χ4v) is 1.20. The minimum atomic E-state index is -0.911. The lowest BCUT2D eigenvalue weighted by molar-refractivity contribution is -0.137. The predicted molar refractivity (Wildman–Crippen MR) is 61.4 cm³/mol. The largest absolute Gasteiger partial charge is 0.481 e. The number of rotatable bonds is 8. The zero-order valence-electron chi connectivity index (χ0n) is 10.2. The molecule has 0 aliphatic heterocycles. The van der Waals surface area contributed by atoms with Crippen molar-refractivity contribution in [1.82, 2.24) is 15.5 Å². The number of carbonyl (C=O) groups excluding carboxylic acids is 2. The number of carboxylic acid groups (broad SMARTS) is 1. The number of nitrogens with zero attached hydrogens (tertiary/aromatic N) is 1. The zero-order valence-corrected chi connectivity index (χ0v) is 10.2. The normalized spacial score (nSPS) is 10.1. The van der Waals surface area contributed by atoms with Crippen LogP contribution in [0.25, 0.3) is 0 Å². The number of hydrogen-bond donors (Lipinski definition) is 3. The summed E-state index contributed by atoms with van der Waals surface area (Å²) in [5.74, 6) is -1.24. The Morgan fingerprint density at radius 2 is 1.88 bits per heavy atom. The highest BCUT2D eigenvalue weighted by Crippen LogP contribution is 1.91. The number of hydrogen-bond acceptors (Lipinski definition) is 4. The van der Waals surface area contributed by atoms with E-state index in [0.29, 0.717) is 13.1 Å². The van der Waals surface area contributed by atoms with Gasteiger partial charge in [-0.25, -0.2) is 0 Å². The Morgan fingerprint density at radius 1 is 1.24 bits per heavy atom. The van der Waals surface area contributed by atoms with Gasteiger partial charge >= 0.3 is 5.97 Å². The van der Waals surface area contributed by atoms with Crippen LogP contribution in [0.5, 0.6) is 0 Å². The van der Waals surface area contributed by atoms with Crippen molar-refractivity contribution in [2.45, 2.75) is 13.3 Å². The van der Waals surface area contributed by atoms with Crippen LogP contribution in [0.4, 0.5) is 0 Å². The Labute approximate surface area is 100 Å². The molecular formula is C10H19N3O4. The van der Waals surface area contributed by atoms with Crippen LogP contribution in [-0.4, -0.2) is 61.0 Å². The molecule has 0 rings (SSSR count). The molecule has 0 aromatic rings. The molecule has 7 nitrogen and oxygen atoms in total. The second-order valence-corrected chi connectivity index (χ2v) is 3.58. The van der Waals surface area contributed by atoms with Gasteiger partial charge in [0.1, 0.15) is 0 Å². The third-order valence-corrected chi connectivity index (χ3v) is 2.09. The maximum atomic E-state index is 11.2. The summed E-state index contributed by atoms with van der Waals surface area (Å²) in [5, 5.41) is 13.6. The zero-order chi connectivity index (χ0) is 13.3. The maximum Gasteiger partial charge on any atom is 0.304 e. The highest BCUT2D eigenvalue weighted by atomic mass is 16.4. The molecule has 2 amide bonds. The summed E-state index contributed by atoms with van der Waals surface area (Å²) in [7, 11) is 1.52. The van der Waals surface area contributed by atoms with E-state index in [1.807, 2.05) is 0 Å². The second-order valence-electron chi connectivity index (χ2n) is 3.58. The average Bonchev–Trinajstić information content (AvgIpc) is 2.24. The Morgan fingerprint density at radius 3 is 2.35 bits per heavy atom. The van der Waals surface area contributed by atoms with Crippen LogP contribution >= 0.6 is 0 Å². The fourth-order valence-electron chi connectivity index (χ4n) is 1.20. The maximum absolute atomic E-state index is 11.2. The molecule has 7 heteroatoms. The Kier molecular flexibility index (Phi) is 7.70. The lowest BCUT2D eigenvalue weighted by atomic mass is 10.3. The van der Waals surface area contributed by atoms with Crippen LogP contribution in [0.3, 0.4) is 0 Å². The molecule has 98 valence electrons. The van der Waals surface area contributed by atoms with Gasteiger partial charge in [-0.15, -0.1) is 0 Å². The summed E-state index contributed by atoms with van der Waals surface area (Å²) in [6.07, 6.45) is -0.0307. The van der Waals surface area contributed by atoms with Gasteiger partial charge in [0.15, 0.2) is 0 Å². The number of aliphatic carboxylic acids is 1. The van der Waals surface area contributed by atoms with E-state index in [2.05, 4.69) is 10.6 Å². The molecule has 0 aromatic heterocycles. The third kappa shape index (κ3) is 9.31. The van der Waals surface area contributed by atoms with Crippen molar-refractivity contribution in [1.29, 1.82) is 0 Å². The van der Waals surface area contributed by atoms with Gasteiger partial charge in [-0.05, 0) is 0 Å². The minimum Gasteiger partial charge on any atom is -0.481 e. The van der Waals surface area contributed by atoms with Crippen molar-refractivity contribution in [3.8, 4) is 0 Å². The minimum absolute atomic E-state index is 0.0307. The summed E-state index contributed by atoms with van der Waals surface area (Å²) in [6, 6.07) is 0. The highest BCUT2D eigenvalue weighted by molar-refractivity contribution is 5.77. The van der Waals surface area contributed by atoms with Crippen molar-refractivity contribution in [2.75, 3.05) is 33.2 Å². The lowest BCUT2D eigenvalue weighted by Gasteiger charge is -2.20. The molecule has 0 aromatic carbocycles. The van der Waals surface area contributed by atoms with Gasteiger partial charge in [0.25, 0.3) is 0 Å². The second kappa shape index (κ2) is 8.51. The SMILES string of the molecule is CNC(=O)CN(CCNC(C)=O)CCC(=O)O. The number of likely N-dealkylation sites (N-methyl/N-ethyl adjacent to an activating group) is 1. The predicted octanol–water partition coefficient (Wildman–Crippen LogP) is -1.35. The first-order valence-corrected chi connectivity index (χ1v) is 5.35. The Balaban J connectivity index is 4.04. The van der Waals surface area contributed by atoms with E-state index in [0.717, 1.165) is 0 Å². The van der Waals surface area contributed by atoms with Gasteiger partial charge in [0.2, 0.25) is 11.8 Å². The van der Waals surface area contributed by atoms with Crippen LogP contribution in [0, 0.1) is 0 Å². The van der Waals surface area contributed by atoms with E-state index < -0.39 is 5.97 Å². The van der Waals surface area contributed by atoms with E-state index in [1.54, 1.807) is 4.90 Å². The van der Waals surface area contributed by atoms with Gasteiger partial charge in [0, 0.05) is 33.6 Å². The monoisotopic (exact) mass is 245 g/mol.